The van der Waals surface area contributed by atoms with E-state index in [1.807, 2.05) is 45.0 Å². The number of fused-ring (bicyclic) bond motifs is 2. The first-order valence-electron chi connectivity index (χ1n) is 11.3. The highest BCUT2D eigenvalue weighted by Crippen LogP contribution is 2.41. The number of aryl methyl sites for hydroxylation is 2. The number of amides is 1. The summed E-state index contributed by atoms with van der Waals surface area (Å²) in [4.78, 5) is 28.8. The highest BCUT2D eigenvalue weighted by atomic mass is 16.5. The van der Waals surface area contributed by atoms with Gasteiger partial charge in [0, 0.05) is 13.7 Å². The maximum Gasteiger partial charge on any atom is 0.290 e. The van der Waals surface area contributed by atoms with E-state index in [0.29, 0.717) is 54.4 Å². The predicted molar refractivity (Wildman–Crippen MR) is 130 cm³/mol. The van der Waals surface area contributed by atoms with Gasteiger partial charge >= 0.3 is 0 Å². The van der Waals surface area contributed by atoms with Gasteiger partial charge in [-0.25, -0.2) is 0 Å². The number of methoxy groups -OCH3 is 1. The standard InChI is InChI=1S/C27H29NO6/c1-6-11-33-20-9-8-18(15-21(20)32-7-2)23-22-24(29)19-14-16(3)13-17(4)25(19)34-26(22)27(30)28(23)10-12-31-5/h6,8-9,13-15,23H,1,7,10-12H2,2-5H3. The van der Waals surface area contributed by atoms with Crippen molar-refractivity contribution in [3.63, 3.8) is 0 Å². The van der Waals surface area contributed by atoms with Crippen LogP contribution in [0.1, 0.15) is 45.8 Å². The van der Waals surface area contributed by atoms with Gasteiger partial charge in [-0.2, -0.15) is 0 Å². The molecule has 7 nitrogen and oxygen atoms in total. The molecule has 2 heterocycles. The molecule has 0 bridgehead atoms. The normalized spacial score (nSPS) is 15.0. The summed E-state index contributed by atoms with van der Waals surface area (Å²) < 4.78 is 22.9. The summed E-state index contributed by atoms with van der Waals surface area (Å²) in [5, 5.41) is 0.471. The topological polar surface area (TPSA) is 78.2 Å². The third-order valence-electron chi connectivity index (χ3n) is 5.87. The molecule has 0 radical (unpaired) electrons. The van der Waals surface area contributed by atoms with Crippen molar-refractivity contribution < 1.29 is 23.4 Å². The molecule has 7 heteroatoms. The molecule has 0 N–H and O–H groups in total. The van der Waals surface area contributed by atoms with Gasteiger partial charge in [-0.15, -0.1) is 0 Å². The van der Waals surface area contributed by atoms with E-state index in [2.05, 4.69) is 6.58 Å². The zero-order valence-corrected chi connectivity index (χ0v) is 20.0. The van der Waals surface area contributed by atoms with Gasteiger partial charge in [0.05, 0.1) is 30.2 Å². The van der Waals surface area contributed by atoms with Gasteiger partial charge in [0.2, 0.25) is 5.76 Å². The zero-order chi connectivity index (χ0) is 24.4. The Morgan fingerprint density at radius 3 is 2.62 bits per heavy atom. The number of rotatable bonds is 9. The molecule has 4 rings (SSSR count). The number of ether oxygens (including phenoxy) is 3. The van der Waals surface area contributed by atoms with E-state index in [0.717, 1.165) is 16.7 Å². The highest BCUT2D eigenvalue weighted by Gasteiger charge is 2.43. The SMILES string of the molecule is C=CCOc1ccc(C2c3c(oc4c(C)cc(C)cc4c3=O)C(=O)N2CCOC)cc1OCC. The minimum Gasteiger partial charge on any atom is -0.490 e. The van der Waals surface area contributed by atoms with Crippen molar-refractivity contribution in [2.45, 2.75) is 26.8 Å². The van der Waals surface area contributed by atoms with Crippen LogP contribution in [-0.2, 0) is 4.74 Å². The van der Waals surface area contributed by atoms with Crippen molar-refractivity contribution >= 4 is 16.9 Å². The van der Waals surface area contributed by atoms with Crippen molar-refractivity contribution in [1.29, 1.82) is 0 Å². The Labute approximate surface area is 198 Å². The maximum absolute atomic E-state index is 13.8. The molecule has 0 saturated heterocycles. The van der Waals surface area contributed by atoms with E-state index in [9.17, 15) is 9.59 Å². The molecule has 0 spiro atoms. The molecule has 1 amide bonds. The highest BCUT2D eigenvalue weighted by molar-refractivity contribution is 5.99. The van der Waals surface area contributed by atoms with E-state index in [1.54, 1.807) is 24.2 Å². The van der Waals surface area contributed by atoms with Crippen LogP contribution < -0.4 is 14.9 Å². The van der Waals surface area contributed by atoms with Gasteiger partial charge in [0.1, 0.15) is 12.2 Å². The van der Waals surface area contributed by atoms with Gasteiger partial charge in [-0.05, 0) is 55.7 Å². The van der Waals surface area contributed by atoms with Gasteiger partial charge < -0.3 is 23.5 Å². The van der Waals surface area contributed by atoms with Gasteiger partial charge in [0.15, 0.2) is 16.9 Å². The van der Waals surface area contributed by atoms with E-state index in [4.69, 9.17) is 18.6 Å². The first kappa shape index (κ1) is 23.6. The van der Waals surface area contributed by atoms with Crippen LogP contribution in [0.2, 0.25) is 0 Å². The molecule has 3 aromatic rings. The Bertz CT molecular complexity index is 1310. The average Bonchev–Trinajstić information content (AvgIpc) is 3.09. The summed E-state index contributed by atoms with van der Waals surface area (Å²) in [5.41, 5.74) is 3.08. The third kappa shape index (κ3) is 4.07. The third-order valence-corrected chi connectivity index (χ3v) is 5.87. The summed E-state index contributed by atoms with van der Waals surface area (Å²) in [7, 11) is 1.57. The van der Waals surface area contributed by atoms with E-state index < -0.39 is 6.04 Å². The first-order valence-corrected chi connectivity index (χ1v) is 11.3. The average molecular weight is 464 g/mol. The van der Waals surface area contributed by atoms with Crippen LogP contribution in [0.3, 0.4) is 0 Å². The molecule has 1 aliphatic rings. The number of hydrogen-bond donors (Lipinski definition) is 0. The second kappa shape index (κ2) is 9.73. The van der Waals surface area contributed by atoms with Crippen LogP contribution in [0, 0.1) is 13.8 Å². The van der Waals surface area contributed by atoms with Crippen LogP contribution in [0.5, 0.6) is 11.5 Å². The molecule has 1 aromatic heterocycles. The molecule has 0 aliphatic carbocycles. The van der Waals surface area contributed by atoms with Crippen LogP contribution in [0.15, 0.2) is 52.2 Å². The van der Waals surface area contributed by atoms with Crippen molar-refractivity contribution in [2.24, 2.45) is 0 Å². The molecule has 34 heavy (non-hydrogen) atoms. The largest absolute Gasteiger partial charge is 0.490 e. The fourth-order valence-corrected chi connectivity index (χ4v) is 4.47. The van der Waals surface area contributed by atoms with Crippen molar-refractivity contribution in [3.05, 3.63) is 81.2 Å². The summed E-state index contributed by atoms with van der Waals surface area (Å²) in [5.74, 6) is 0.845. The molecule has 1 unspecified atom stereocenters. The smallest absolute Gasteiger partial charge is 0.290 e. The van der Waals surface area contributed by atoms with Gasteiger partial charge in [-0.1, -0.05) is 24.8 Å². The van der Waals surface area contributed by atoms with Crippen molar-refractivity contribution in [1.82, 2.24) is 4.90 Å². The van der Waals surface area contributed by atoms with Crippen LogP contribution >= 0.6 is 0 Å². The Balaban J connectivity index is 1.93. The molecular formula is C27H29NO6. The maximum atomic E-state index is 13.8. The lowest BCUT2D eigenvalue weighted by molar-refractivity contribution is 0.0663. The Kier molecular flexibility index (Phi) is 6.75. The van der Waals surface area contributed by atoms with E-state index >= 15 is 0 Å². The van der Waals surface area contributed by atoms with E-state index in [1.165, 1.54) is 0 Å². The molecule has 0 saturated carbocycles. The van der Waals surface area contributed by atoms with E-state index in [-0.39, 0.29) is 17.1 Å². The number of carbonyl (C=O) groups excluding carboxylic acids is 1. The van der Waals surface area contributed by atoms with Crippen molar-refractivity contribution in [2.75, 3.05) is 33.5 Å². The molecule has 1 aliphatic heterocycles. The quantitative estimate of drug-likeness (QED) is 0.433. The Morgan fingerprint density at radius 2 is 1.91 bits per heavy atom. The summed E-state index contributed by atoms with van der Waals surface area (Å²) >= 11 is 0. The summed E-state index contributed by atoms with van der Waals surface area (Å²) in [6.07, 6.45) is 1.66. The van der Waals surface area contributed by atoms with Gasteiger partial charge in [0.25, 0.3) is 5.91 Å². The lowest BCUT2D eigenvalue weighted by Gasteiger charge is -2.25. The summed E-state index contributed by atoms with van der Waals surface area (Å²) in [6.45, 7) is 10.8. The number of benzene rings is 2. The fourth-order valence-electron chi connectivity index (χ4n) is 4.47. The van der Waals surface area contributed by atoms with Crippen LogP contribution in [0.25, 0.3) is 11.0 Å². The minimum absolute atomic E-state index is 0.0792. The number of carbonyl (C=O) groups is 1. The number of nitrogens with zero attached hydrogens (tertiary/aromatic N) is 1. The molecule has 178 valence electrons. The zero-order valence-electron chi connectivity index (χ0n) is 20.0. The molecule has 1 atom stereocenters. The second-order valence-electron chi connectivity index (χ2n) is 8.27. The van der Waals surface area contributed by atoms with Crippen LogP contribution in [0.4, 0.5) is 0 Å². The Morgan fingerprint density at radius 1 is 1.12 bits per heavy atom. The minimum atomic E-state index is -0.633. The molecular weight excluding hydrogens is 434 g/mol. The predicted octanol–water partition coefficient (Wildman–Crippen LogP) is 4.56. The molecule has 2 aromatic carbocycles. The summed E-state index contributed by atoms with van der Waals surface area (Å²) in [6, 6.07) is 8.57. The van der Waals surface area contributed by atoms with Crippen molar-refractivity contribution in [3.8, 4) is 11.5 Å². The molecule has 0 fully saturated rings. The number of hydrogen-bond acceptors (Lipinski definition) is 6. The van der Waals surface area contributed by atoms with Crippen LogP contribution in [-0.4, -0.2) is 44.3 Å². The lowest BCUT2D eigenvalue weighted by atomic mass is 9.97. The van der Waals surface area contributed by atoms with Gasteiger partial charge in [-0.3, -0.25) is 9.59 Å². The first-order chi connectivity index (χ1) is 16.4. The second-order valence-corrected chi connectivity index (χ2v) is 8.27. The fraction of sp³-hybridized carbons (Fsp3) is 0.333. The lowest BCUT2D eigenvalue weighted by Crippen LogP contribution is -2.32. The monoisotopic (exact) mass is 463 g/mol. The Hall–Kier alpha value is -3.58.